The monoisotopic (exact) mass is 397 g/mol. The maximum atomic E-state index is 12.4. The number of rotatable bonds is 6. The number of carbonyl (C=O) groups excluding carboxylic acids is 1. The number of pyridine rings is 1. The van der Waals surface area contributed by atoms with Gasteiger partial charge in [0.05, 0.1) is 11.3 Å². The van der Waals surface area contributed by atoms with Crippen LogP contribution in [-0.4, -0.2) is 21.5 Å². The maximum Gasteiger partial charge on any atom is 0.311 e. The number of hydrogen-bond acceptors (Lipinski definition) is 6. The quantitative estimate of drug-likeness (QED) is 0.409. The molecule has 29 heavy (non-hydrogen) atoms. The molecule has 0 bridgehead atoms. The molecule has 0 spiro atoms. The first-order chi connectivity index (χ1) is 13.6. The Hall–Kier alpha value is -2.96. The Bertz CT molecular complexity index is 913. The van der Waals surface area contributed by atoms with Gasteiger partial charge in [-0.2, -0.15) is 0 Å². The normalized spacial score (nSPS) is 15.3. The third kappa shape index (κ3) is 4.91. The Labute approximate surface area is 170 Å². The van der Waals surface area contributed by atoms with Crippen LogP contribution in [0.4, 0.5) is 17.2 Å². The summed E-state index contributed by atoms with van der Waals surface area (Å²) in [6, 6.07) is 10.8. The SMILES string of the molecule is Cc1ccc([N+](=O)[O-])c(Nc2ccc(C3(CC(=O)OC(C)(C)C)CCC3)cc2)n1. The Morgan fingerprint density at radius 2 is 1.86 bits per heavy atom. The molecule has 7 nitrogen and oxygen atoms in total. The van der Waals surface area contributed by atoms with E-state index in [2.05, 4.69) is 10.3 Å². The number of hydrogen-bond donors (Lipinski definition) is 1. The van der Waals surface area contributed by atoms with Crippen LogP contribution in [0.3, 0.4) is 0 Å². The second kappa shape index (κ2) is 7.81. The first kappa shape index (κ1) is 20.8. The van der Waals surface area contributed by atoms with Crippen LogP contribution < -0.4 is 5.32 Å². The average molecular weight is 397 g/mol. The van der Waals surface area contributed by atoms with Crippen LogP contribution in [0.5, 0.6) is 0 Å². The molecular formula is C22H27N3O4. The summed E-state index contributed by atoms with van der Waals surface area (Å²) in [4.78, 5) is 27.4. The number of esters is 1. The lowest BCUT2D eigenvalue weighted by Crippen LogP contribution is -2.38. The van der Waals surface area contributed by atoms with Gasteiger partial charge >= 0.3 is 11.7 Å². The number of nitrogens with one attached hydrogen (secondary N) is 1. The fourth-order valence-corrected chi connectivity index (χ4v) is 3.66. The highest BCUT2D eigenvalue weighted by atomic mass is 16.6. The predicted octanol–water partition coefficient (Wildman–Crippen LogP) is 5.20. The molecule has 0 radical (unpaired) electrons. The molecule has 0 amide bonds. The minimum atomic E-state index is -0.495. The van der Waals surface area contributed by atoms with Crippen LogP contribution in [0.15, 0.2) is 36.4 Å². The number of anilines is 2. The van der Waals surface area contributed by atoms with Crippen molar-refractivity contribution in [3.8, 4) is 0 Å². The van der Waals surface area contributed by atoms with E-state index in [0.29, 0.717) is 17.8 Å². The van der Waals surface area contributed by atoms with Gasteiger partial charge < -0.3 is 10.1 Å². The minimum absolute atomic E-state index is 0.0694. The van der Waals surface area contributed by atoms with Crippen molar-refractivity contribution < 1.29 is 14.5 Å². The zero-order chi connectivity index (χ0) is 21.2. The van der Waals surface area contributed by atoms with Crippen LogP contribution in [0, 0.1) is 17.0 Å². The fourth-order valence-electron chi connectivity index (χ4n) is 3.66. The number of carbonyl (C=O) groups is 1. The molecule has 0 unspecified atom stereocenters. The van der Waals surface area contributed by atoms with Gasteiger partial charge in [-0.25, -0.2) is 4.98 Å². The number of aryl methyl sites for hydroxylation is 1. The van der Waals surface area contributed by atoms with Crippen LogP contribution >= 0.6 is 0 Å². The van der Waals surface area contributed by atoms with E-state index in [1.54, 1.807) is 13.0 Å². The van der Waals surface area contributed by atoms with Gasteiger partial charge in [-0.3, -0.25) is 14.9 Å². The second-order valence-corrected chi connectivity index (χ2v) is 8.68. The molecule has 1 heterocycles. The highest BCUT2D eigenvalue weighted by Gasteiger charge is 2.41. The van der Waals surface area contributed by atoms with Gasteiger partial charge in [0.15, 0.2) is 0 Å². The number of aromatic nitrogens is 1. The molecule has 0 atom stereocenters. The zero-order valence-electron chi connectivity index (χ0n) is 17.3. The Morgan fingerprint density at radius 3 is 2.38 bits per heavy atom. The van der Waals surface area contributed by atoms with Gasteiger partial charge in [0, 0.05) is 22.9 Å². The molecule has 1 aliphatic rings. The van der Waals surface area contributed by atoms with E-state index in [1.165, 1.54) is 6.07 Å². The lowest BCUT2D eigenvalue weighted by Gasteiger charge is -2.42. The van der Waals surface area contributed by atoms with Crippen LogP contribution in [0.25, 0.3) is 0 Å². The van der Waals surface area contributed by atoms with Crippen molar-refractivity contribution in [2.24, 2.45) is 0 Å². The highest BCUT2D eigenvalue weighted by Crippen LogP contribution is 2.47. The van der Waals surface area contributed by atoms with Crippen molar-refractivity contribution >= 4 is 23.2 Å². The summed E-state index contributed by atoms with van der Waals surface area (Å²) in [5, 5.41) is 14.3. The van der Waals surface area contributed by atoms with Crippen molar-refractivity contribution in [2.45, 2.75) is 64.4 Å². The van der Waals surface area contributed by atoms with E-state index in [1.807, 2.05) is 45.0 Å². The van der Waals surface area contributed by atoms with Crippen LogP contribution in [-0.2, 0) is 14.9 Å². The summed E-state index contributed by atoms with van der Waals surface area (Å²) in [6.45, 7) is 7.40. The maximum absolute atomic E-state index is 12.4. The van der Waals surface area contributed by atoms with E-state index in [-0.39, 0.29) is 22.9 Å². The Kier molecular flexibility index (Phi) is 5.59. The first-order valence-corrected chi connectivity index (χ1v) is 9.79. The molecule has 1 aromatic heterocycles. The average Bonchev–Trinajstić information content (AvgIpc) is 2.57. The van der Waals surface area contributed by atoms with Gasteiger partial charge in [0.2, 0.25) is 5.82 Å². The zero-order valence-corrected chi connectivity index (χ0v) is 17.3. The number of ether oxygens (including phenoxy) is 1. The molecule has 1 aliphatic carbocycles. The third-order valence-corrected chi connectivity index (χ3v) is 5.18. The van der Waals surface area contributed by atoms with E-state index in [0.717, 1.165) is 24.8 Å². The summed E-state index contributed by atoms with van der Waals surface area (Å²) < 4.78 is 5.52. The molecule has 1 saturated carbocycles. The second-order valence-electron chi connectivity index (χ2n) is 8.68. The van der Waals surface area contributed by atoms with Gasteiger partial charge in [0.25, 0.3) is 0 Å². The summed E-state index contributed by atoms with van der Waals surface area (Å²) in [7, 11) is 0. The molecule has 0 saturated heterocycles. The smallest absolute Gasteiger partial charge is 0.311 e. The molecule has 3 rings (SSSR count). The topological polar surface area (TPSA) is 94.4 Å². The van der Waals surface area contributed by atoms with E-state index in [9.17, 15) is 14.9 Å². The van der Waals surface area contributed by atoms with Crippen LogP contribution in [0.1, 0.15) is 57.7 Å². The Morgan fingerprint density at radius 1 is 1.21 bits per heavy atom. The van der Waals surface area contributed by atoms with Gasteiger partial charge in [0.1, 0.15) is 5.60 Å². The standard InChI is InChI=1S/C22H27N3O4/c1-15-6-11-18(25(27)28)20(23-15)24-17-9-7-16(8-10-17)22(12-5-13-22)14-19(26)29-21(2,3)4/h6-11H,5,12-14H2,1-4H3,(H,23,24). The summed E-state index contributed by atoms with van der Waals surface area (Å²) in [6.07, 6.45) is 3.35. The minimum Gasteiger partial charge on any atom is -0.460 e. The molecule has 1 N–H and O–H groups in total. The van der Waals surface area contributed by atoms with Crippen molar-refractivity contribution in [1.29, 1.82) is 0 Å². The predicted molar refractivity (Wildman–Crippen MR) is 111 cm³/mol. The molecule has 7 heteroatoms. The van der Waals surface area contributed by atoms with E-state index in [4.69, 9.17) is 4.74 Å². The summed E-state index contributed by atoms with van der Waals surface area (Å²) in [5.74, 6) is 0.0360. The van der Waals surface area contributed by atoms with E-state index >= 15 is 0 Å². The number of benzene rings is 1. The molecule has 1 aromatic carbocycles. The Balaban J connectivity index is 1.77. The molecular weight excluding hydrogens is 370 g/mol. The van der Waals surface area contributed by atoms with Gasteiger partial charge in [-0.1, -0.05) is 18.6 Å². The van der Waals surface area contributed by atoms with Gasteiger partial charge in [-0.05, 0) is 64.3 Å². The largest absolute Gasteiger partial charge is 0.460 e. The summed E-state index contributed by atoms with van der Waals surface area (Å²) in [5.41, 5.74) is 1.74. The van der Waals surface area contributed by atoms with E-state index < -0.39 is 10.5 Å². The third-order valence-electron chi connectivity index (χ3n) is 5.18. The van der Waals surface area contributed by atoms with Crippen molar-refractivity contribution in [2.75, 3.05) is 5.32 Å². The molecule has 0 aliphatic heterocycles. The highest BCUT2D eigenvalue weighted by molar-refractivity contribution is 5.72. The summed E-state index contributed by atoms with van der Waals surface area (Å²) >= 11 is 0. The lowest BCUT2D eigenvalue weighted by molar-refractivity contribution is -0.384. The van der Waals surface area contributed by atoms with Crippen molar-refractivity contribution in [3.63, 3.8) is 0 Å². The molecule has 154 valence electrons. The van der Waals surface area contributed by atoms with Crippen LogP contribution in [0.2, 0.25) is 0 Å². The van der Waals surface area contributed by atoms with Gasteiger partial charge in [-0.15, -0.1) is 0 Å². The fraction of sp³-hybridized carbons (Fsp3) is 0.455. The van der Waals surface area contributed by atoms with Crippen molar-refractivity contribution in [1.82, 2.24) is 4.98 Å². The molecule has 2 aromatic rings. The number of nitrogens with zero attached hydrogens (tertiary/aromatic N) is 2. The first-order valence-electron chi connectivity index (χ1n) is 9.79. The lowest BCUT2D eigenvalue weighted by atomic mass is 9.62. The van der Waals surface area contributed by atoms with Crippen molar-refractivity contribution in [3.05, 3.63) is 57.8 Å². The number of nitro groups is 1. The molecule has 1 fully saturated rings.